The van der Waals surface area contributed by atoms with E-state index in [2.05, 4.69) is 13.0 Å². The van der Waals surface area contributed by atoms with Crippen LogP contribution in [0, 0.1) is 17.3 Å². The van der Waals surface area contributed by atoms with E-state index in [-0.39, 0.29) is 11.4 Å². The Morgan fingerprint density at radius 2 is 2.21 bits per heavy atom. The molecule has 2 aliphatic carbocycles. The minimum absolute atomic E-state index is 0.250. The van der Waals surface area contributed by atoms with Crippen molar-refractivity contribution < 1.29 is 19.4 Å². The van der Waals surface area contributed by atoms with Gasteiger partial charge in [-0.3, -0.25) is 0 Å². The molecular formula is C15H18O4. The molecule has 0 aromatic carbocycles. The second-order valence-corrected chi connectivity index (χ2v) is 6.41. The molecule has 1 N–H and O–H groups in total. The van der Waals surface area contributed by atoms with Gasteiger partial charge in [-0.25, -0.2) is 4.79 Å². The van der Waals surface area contributed by atoms with Crippen LogP contribution in [0.25, 0.3) is 0 Å². The highest BCUT2D eigenvalue weighted by atomic mass is 16.7. The first kappa shape index (κ1) is 11.7. The lowest BCUT2D eigenvalue weighted by Gasteiger charge is -2.58. The maximum atomic E-state index is 11.6. The van der Waals surface area contributed by atoms with Crippen LogP contribution in [0.4, 0.5) is 0 Å². The van der Waals surface area contributed by atoms with Gasteiger partial charge in [-0.1, -0.05) is 11.6 Å². The maximum Gasteiger partial charge on any atom is 0.336 e. The minimum atomic E-state index is -1.23. The number of esters is 1. The molecule has 19 heavy (non-hydrogen) atoms. The number of aliphatic hydroxyl groups is 1. The van der Waals surface area contributed by atoms with Gasteiger partial charge < -0.3 is 14.6 Å². The Balaban J connectivity index is 1.73. The van der Waals surface area contributed by atoms with Gasteiger partial charge in [-0.2, -0.15) is 0 Å². The lowest BCUT2D eigenvalue weighted by atomic mass is 9.45. The summed E-state index contributed by atoms with van der Waals surface area (Å²) < 4.78 is 11.1. The van der Waals surface area contributed by atoms with E-state index in [1.807, 2.05) is 0 Å². The van der Waals surface area contributed by atoms with E-state index in [1.165, 1.54) is 5.57 Å². The molecule has 0 radical (unpaired) electrons. The molecule has 2 unspecified atom stereocenters. The highest BCUT2D eigenvalue weighted by Crippen LogP contribution is 2.66. The Morgan fingerprint density at radius 1 is 1.42 bits per heavy atom. The second-order valence-electron chi connectivity index (χ2n) is 6.41. The molecule has 2 bridgehead atoms. The van der Waals surface area contributed by atoms with Crippen LogP contribution in [-0.4, -0.2) is 29.6 Å². The average molecular weight is 262 g/mol. The third-order valence-electron chi connectivity index (χ3n) is 5.63. The molecule has 2 spiro atoms. The number of allylic oxidation sites excluding steroid dienone is 2. The molecule has 4 rings (SSSR count). The highest BCUT2D eigenvalue weighted by molar-refractivity contribution is 5.90. The van der Waals surface area contributed by atoms with Gasteiger partial charge in [0.2, 0.25) is 0 Å². The Kier molecular flexibility index (Phi) is 2.03. The lowest BCUT2D eigenvalue weighted by Crippen LogP contribution is -2.61. The zero-order chi connectivity index (χ0) is 13.4. The van der Waals surface area contributed by atoms with E-state index in [1.54, 1.807) is 13.0 Å². The lowest BCUT2D eigenvalue weighted by molar-refractivity contribution is -0.212. The van der Waals surface area contributed by atoms with Crippen molar-refractivity contribution in [2.75, 3.05) is 6.61 Å². The fourth-order valence-corrected chi connectivity index (χ4v) is 4.47. The highest BCUT2D eigenvalue weighted by Gasteiger charge is 2.71. The van der Waals surface area contributed by atoms with Gasteiger partial charge >= 0.3 is 5.97 Å². The van der Waals surface area contributed by atoms with E-state index >= 15 is 0 Å². The summed E-state index contributed by atoms with van der Waals surface area (Å²) in [5.74, 6) is -0.791. The van der Waals surface area contributed by atoms with Crippen molar-refractivity contribution >= 4 is 5.97 Å². The molecule has 2 heterocycles. The topological polar surface area (TPSA) is 55.8 Å². The van der Waals surface area contributed by atoms with Crippen LogP contribution in [0.1, 0.15) is 26.7 Å². The number of carbonyl (C=O) groups is 1. The van der Waals surface area contributed by atoms with E-state index in [9.17, 15) is 9.90 Å². The van der Waals surface area contributed by atoms with Crippen LogP contribution in [0.2, 0.25) is 0 Å². The molecule has 2 aliphatic heterocycles. The second kappa shape index (κ2) is 3.30. The zero-order valence-electron chi connectivity index (χ0n) is 11.2. The number of rotatable bonds is 0. The maximum absolute atomic E-state index is 11.6. The Morgan fingerprint density at radius 3 is 2.79 bits per heavy atom. The minimum Gasteiger partial charge on any atom is -0.423 e. The quantitative estimate of drug-likeness (QED) is 0.531. The van der Waals surface area contributed by atoms with E-state index in [0.717, 1.165) is 12.8 Å². The smallest absolute Gasteiger partial charge is 0.336 e. The predicted molar refractivity (Wildman–Crippen MR) is 66.9 cm³/mol. The van der Waals surface area contributed by atoms with Gasteiger partial charge in [-0.15, -0.1) is 0 Å². The van der Waals surface area contributed by atoms with Crippen LogP contribution < -0.4 is 0 Å². The summed E-state index contributed by atoms with van der Waals surface area (Å²) in [7, 11) is 0. The van der Waals surface area contributed by atoms with Crippen LogP contribution >= 0.6 is 0 Å². The van der Waals surface area contributed by atoms with Crippen molar-refractivity contribution in [2.45, 2.75) is 38.6 Å². The van der Waals surface area contributed by atoms with Gasteiger partial charge in [0, 0.05) is 11.0 Å². The zero-order valence-corrected chi connectivity index (χ0v) is 11.2. The van der Waals surface area contributed by atoms with Crippen molar-refractivity contribution in [1.29, 1.82) is 0 Å². The number of ether oxygens (including phenoxy) is 2. The standard InChI is InChI=1S/C15H18O4/c1-8-3-4-10-5-11(8)14(10)7-18-15(13(14)17)6-9(2)12(16)19-15/h3,6,10-11,13,17H,4-5,7H2,1-2H3/t10?,11-,13-,14?,15-/m0/s1. The van der Waals surface area contributed by atoms with Crippen molar-refractivity contribution in [3.63, 3.8) is 0 Å². The molecule has 0 aromatic heterocycles. The van der Waals surface area contributed by atoms with E-state index in [4.69, 9.17) is 9.47 Å². The number of hydrogen-bond acceptors (Lipinski definition) is 4. The summed E-state index contributed by atoms with van der Waals surface area (Å²) in [5.41, 5.74) is 1.61. The summed E-state index contributed by atoms with van der Waals surface area (Å²) in [6, 6.07) is 0. The normalized spacial score (nSPS) is 51.1. The first-order chi connectivity index (χ1) is 8.99. The van der Waals surface area contributed by atoms with E-state index < -0.39 is 11.9 Å². The summed E-state index contributed by atoms with van der Waals surface area (Å²) in [4.78, 5) is 11.6. The number of hydrogen-bond donors (Lipinski definition) is 1. The molecule has 1 saturated carbocycles. The monoisotopic (exact) mass is 262 g/mol. The average Bonchev–Trinajstić information content (AvgIpc) is 2.80. The first-order valence-electron chi connectivity index (χ1n) is 6.91. The molecule has 4 heteroatoms. The fourth-order valence-electron chi connectivity index (χ4n) is 4.47. The molecular weight excluding hydrogens is 244 g/mol. The Bertz CT molecular complexity index is 534. The largest absolute Gasteiger partial charge is 0.423 e. The van der Waals surface area contributed by atoms with Gasteiger partial charge in [-0.05, 0) is 44.6 Å². The first-order valence-corrected chi connectivity index (χ1v) is 6.91. The van der Waals surface area contributed by atoms with Crippen LogP contribution in [0.3, 0.4) is 0 Å². The van der Waals surface area contributed by atoms with E-state index in [0.29, 0.717) is 24.0 Å². The third kappa shape index (κ3) is 1.15. The number of aliphatic hydroxyl groups excluding tert-OH is 1. The molecule has 4 nitrogen and oxygen atoms in total. The Hall–Kier alpha value is -1.13. The molecule has 102 valence electrons. The van der Waals surface area contributed by atoms with Gasteiger partial charge in [0.15, 0.2) is 0 Å². The summed E-state index contributed by atoms with van der Waals surface area (Å²) in [5, 5.41) is 10.8. The van der Waals surface area contributed by atoms with Gasteiger partial charge in [0.1, 0.15) is 6.10 Å². The SMILES string of the molecule is CC1=C[C@]2(OCC3(C4CC=C(C)[C@@H]3C4)[C@@H]2O)OC1=O. The summed E-state index contributed by atoms with van der Waals surface area (Å²) >= 11 is 0. The predicted octanol–water partition coefficient (Wildman–Crippen LogP) is 1.55. The van der Waals surface area contributed by atoms with Crippen LogP contribution in [0.5, 0.6) is 0 Å². The Labute approximate surface area is 112 Å². The number of carbonyl (C=O) groups excluding carboxylic acids is 1. The fraction of sp³-hybridized carbons (Fsp3) is 0.667. The molecule has 0 aromatic rings. The molecule has 2 fully saturated rings. The van der Waals surface area contributed by atoms with Crippen molar-refractivity contribution in [1.82, 2.24) is 0 Å². The van der Waals surface area contributed by atoms with Gasteiger partial charge in [0.25, 0.3) is 5.79 Å². The molecule has 4 aliphatic rings. The van der Waals surface area contributed by atoms with Crippen molar-refractivity contribution in [3.8, 4) is 0 Å². The molecule has 5 atom stereocenters. The summed E-state index contributed by atoms with van der Waals surface area (Å²) in [6.07, 6.45) is 5.28. The van der Waals surface area contributed by atoms with Crippen LogP contribution in [-0.2, 0) is 14.3 Å². The van der Waals surface area contributed by atoms with Gasteiger partial charge in [0.05, 0.1) is 6.61 Å². The summed E-state index contributed by atoms with van der Waals surface area (Å²) in [6.45, 7) is 4.30. The van der Waals surface area contributed by atoms with Crippen molar-refractivity contribution in [2.24, 2.45) is 17.3 Å². The van der Waals surface area contributed by atoms with Crippen LogP contribution in [0.15, 0.2) is 23.3 Å². The molecule has 0 amide bonds. The molecule has 1 saturated heterocycles. The van der Waals surface area contributed by atoms with Crippen molar-refractivity contribution in [3.05, 3.63) is 23.3 Å². The third-order valence-corrected chi connectivity index (χ3v) is 5.63.